The van der Waals surface area contributed by atoms with Gasteiger partial charge in [-0.2, -0.15) is 0 Å². The van der Waals surface area contributed by atoms with E-state index in [1.54, 1.807) is 0 Å². The molecule has 0 fully saturated rings. The summed E-state index contributed by atoms with van der Waals surface area (Å²) in [5, 5.41) is -0.689. The first-order chi connectivity index (χ1) is 6.73. The topological polar surface area (TPSA) is 43.4 Å². The molecule has 0 bridgehead atoms. The average Bonchev–Trinajstić information content (AvgIpc) is 2.12. The highest BCUT2D eigenvalue weighted by atomic mass is 35.5. The molecule has 3 nitrogen and oxygen atoms in total. The Kier molecular flexibility index (Phi) is 5.29. The van der Waals surface area contributed by atoms with Crippen LogP contribution >= 0.6 is 11.6 Å². The van der Waals surface area contributed by atoms with Gasteiger partial charge in [0.25, 0.3) is 0 Å². The van der Waals surface area contributed by atoms with Crippen LogP contribution < -0.4 is 0 Å². The minimum atomic E-state index is -1.26. The molecule has 0 aromatic rings. The first-order valence-electron chi connectivity index (χ1n) is 5.14. The van der Waals surface area contributed by atoms with E-state index in [4.69, 9.17) is 16.3 Å². The molecular formula is C11H19ClO3. The van der Waals surface area contributed by atoms with Crippen molar-refractivity contribution in [3.63, 3.8) is 0 Å². The number of rotatable bonds is 5. The fraction of sp³-hybridized carbons (Fsp3) is 0.818. The van der Waals surface area contributed by atoms with E-state index in [2.05, 4.69) is 0 Å². The molecule has 0 rings (SSSR count). The Balaban J connectivity index is 4.54. The zero-order chi connectivity index (χ0) is 12.2. The minimum Gasteiger partial charge on any atom is -0.461 e. The molecule has 0 aromatic carbocycles. The Hall–Kier alpha value is -0.570. The van der Waals surface area contributed by atoms with E-state index in [1.165, 1.54) is 13.8 Å². The minimum absolute atomic E-state index is 0.159. The summed E-state index contributed by atoms with van der Waals surface area (Å²) >= 11 is 5.33. The summed E-state index contributed by atoms with van der Waals surface area (Å²) in [6.45, 7) is 8.82. The molecule has 0 amide bonds. The molecule has 0 aromatic heterocycles. The standard InChI is InChI=1S/C11H19ClO3/c1-6-8(7(2)3)15-10(14)11(4,5)9(12)13/h7-8H,6H2,1-5H3. The molecule has 0 aliphatic rings. The van der Waals surface area contributed by atoms with Crippen molar-refractivity contribution in [3.8, 4) is 0 Å². The van der Waals surface area contributed by atoms with Gasteiger partial charge in [-0.3, -0.25) is 9.59 Å². The van der Waals surface area contributed by atoms with Crippen molar-refractivity contribution in [2.45, 2.75) is 47.1 Å². The summed E-state index contributed by atoms with van der Waals surface area (Å²) < 4.78 is 5.24. The molecule has 0 heterocycles. The van der Waals surface area contributed by atoms with E-state index < -0.39 is 16.6 Å². The van der Waals surface area contributed by atoms with Gasteiger partial charge in [-0.1, -0.05) is 20.8 Å². The van der Waals surface area contributed by atoms with Gasteiger partial charge in [-0.15, -0.1) is 0 Å². The number of carbonyl (C=O) groups is 2. The Bertz CT molecular complexity index is 246. The number of esters is 1. The summed E-state index contributed by atoms with van der Waals surface area (Å²) in [6.07, 6.45) is 0.573. The molecule has 15 heavy (non-hydrogen) atoms. The molecular weight excluding hydrogens is 216 g/mol. The second-order valence-electron chi connectivity index (χ2n) is 4.49. The number of hydrogen-bond donors (Lipinski definition) is 0. The van der Waals surface area contributed by atoms with E-state index in [1.807, 2.05) is 20.8 Å². The van der Waals surface area contributed by atoms with E-state index in [9.17, 15) is 9.59 Å². The van der Waals surface area contributed by atoms with Crippen LogP contribution in [0.2, 0.25) is 0 Å². The maximum Gasteiger partial charge on any atom is 0.320 e. The summed E-state index contributed by atoms with van der Waals surface area (Å²) in [5.41, 5.74) is -1.26. The Morgan fingerprint density at radius 3 is 2.07 bits per heavy atom. The van der Waals surface area contributed by atoms with Crippen molar-refractivity contribution in [1.29, 1.82) is 0 Å². The Labute approximate surface area is 96.1 Å². The third-order valence-electron chi connectivity index (χ3n) is 2.41. The van der Waals surface area contributed by atoms with E-state index in [0.29, 0.717) is 0 Å². The third kappa shape index (κ3) is 3.82. The smallest absolute Gasteiger partial charge is 0.320 e. The molecule has 88 valence electrons. The normalized spacial score (nSPS) is 13.8. The van der Waals surface area contributed by atoms with Crippen LogP contribution in [0.4, 0.5) is 0 Å². The Morgan fingerprint density at radius 2 is 1.80 bits per heavy atom. The number of carbonyl (C=O) groups excluding carboxylic acids is 2. The first kappa shape index (κ1) is 14.4. The molecule has 4 heteroatoms. The lowest BCUT2D eigenvalue weighted by atomic mass is 9.95. The second kappa shape index (κ2) is 5.50. The van der Waals surface area contributed by atoms with Gasteiger partial charge in [-0.05, 0) is 37.8 Å². The van der Waals surface area contributed by atoms with Gasteiger partial charge in [0.15, 0.2) is 0 Å². The van der Waals surface area contributed by atoms with Crippen molar-refractivity contribution in [3.05, 3.63) is 0 Å². The van der Waals surface area contributed by atoms with Crippen LogP contribution in [0.5, 0.6) is 0 Å². The highest BCUT2D eigenvalue weighted by Crippen LogP contribution is 2.23. The molecule has 0 saturated carbocycles. The lowest BCUT2D eigenvalue weighted by Gasteiger charge is -2.25. The van der Waals surface area contributed by atoms with Gasteiger partial charge >= 0.3 is 5.97 Å². The van der Waals surface area contributed by atoms with Crippen molar-refractivity contribution in [2.75, 3.05) is 0 Å². The Morgan fingerprint density at radius 1 is 1.33 bits per heavy atom. The number of halogens is 1. The highest BCUT2D eigenvalue weighted by Gasteiger charge is 2.37. The molecule has 0 N–H and O–H groups in total. The van der Waals surface area contributed by atoms with E-state index in [-0.39, 0.29) is 12.0 Å². The molecule has 1 atom stereocenters. The largest absolute Gasteiger partial charge is 0.461 e. The maximum absolute atomic E-state index is 11.7. The SMILES string of the molecule is CCC(OC(=O)C(C)(C)C(=O)Cl)C(C)C. The summed E-state index contributed by atoms with van der Waals surface area (Å²) in [4.78, 5) is 22.7. The molecule has 0 saturated heterocycles. The molecule has 0 spiro atoms. The number of hydrogen-bond acceptors (Lipinski definition) is 3. The molecule has 1 unspecified atom stereocenters. The van der Waals surface area contributed by atoms with Gasteiger partial charge in [0.05, 0.1) is 0 Å². The van der Waals surface area contributed by atoms with Crippen LogP contribution in [0.15, 0.2) is 0 Å². The van der Waals surface area contributed by atoms with Gasteiger partial charge in [0.1, 0.15) is 11.5 Å². The second-order valence-corrected chi connectivity index (χ2v) is 4.84. The third-order valence-corrected chi connectivity index (χ3v) is 2.88. The van der Waals surface area contributed by atoms with Crippen LogP contribution in [0.25, 0.3) is 0 Å². The van der Waals surface area contributed by atoms with Crippen molar-refractivity contribution >= 4 is 22.8 Å². The fourth-order valence-electron chi connectivity index (χ4n) is 1.06. The monoisotopic (exact) mass is 234 g/mol. The van der Waals surface area contributed by atoms with Crippen molar-refractivity contribution in [1.82, 2.24) is 0 Å². The molecule has 0 aliphatic carbocycles. The first-order valence-corrected chi connectivity index (χ1v) is 5.52. The van der Waals surface area contributed by atoms with Crippen LogP contribution in [0, 0.1) is 11.3 Å². The van der Waals surface area contributed by atoms with Gasteiger partial charge < -0.3 is 4.74 Å². The summed E-state index contributed by atoms with van der Waals surface area (Å²) in [7, 11) is 0. The predicted molar refractivity (Wildman–Crippen MR) is 59.7 cm³/mol. The van der Waals surface area contributed by atoms with E-state index >= 15 is 0 Å². The summed E-state index contributed by atoms with van der Waals surface area (Å²) in [6, 6.07) is 0. The average molecular weight is 235 g/mol. The summed E-state index contributed by atoms with van der Waals surface area (Å²) in [5.74, 6) is -0.316. The quantitative estimate of drug-likeness (QED) is 0.417. The van der Waals surface area contributed by atoms with Crippen LogP contribution in [0.1, 0.15) is 41.0 Å². The molecule has 0 aliphatic heterocycles. The lowest BCUT2D eigenvalue weighted by molar-refractivity contribution is -0.163. The number of ether oxygens (including phenoxy) is 1. The van der Waals surface area contributed by atoms with Gasteiger partial charge in [-0.25, -0.2) is 0 Å². The van der Waals surface area contributed by atoms with Crippen LogP contribution in [-0.4, -0.2) is 17.3 Å². The highest BCUT2D eigenvalue weighted by molar-refractivity contribution is 6.66. The molecule has 0 radical (unpaired) electrons. The zero-order valence-corrected chi connectivity index (χ0v) is 10.7. The van der Waals surface area contributed by atoms with Crippen LogP contribution in [-0.2, 0) is 14.3 Å². The van der Waals surface area contributed by atoms with Crippen molar-refractivity contribution in [2.24, 2.45) is 11.3 Å². The fourth-order valence-corrected chi connectivity index (χ4v) is 1.13. The predicted octanol–water partition coefficient (Wildman–Crippen LogP) is 2.76. The van der Waals surface area contributed by atoms with Crippen molar-refractivity contribution < 1.29 is 14.3 Å². The van der Waals surface area contributed by atoms with Gasteiger partial charge in [0, 0.05) is 0 Å². The zero-order valence-electron chi connectivity index (χ0n) is 9.96. The maximum atomic E-state index is 11.7. The lowest BCUT2D eigenvalue weighted by Crippen LogP contribution is -2.36. The van der Waals surface area contributed by atoms with Crippen LogP contribution in [0.3, 0.4) is 0 Å². The van der Waals surface area contributed by atoms with E-state index in [0.717, 1.165) is 6.42 Å². The van der Waals surface area contributed by atoms with Gasteiger partial charge in [0.2, 0.25) is 5.24 Å².